The molecule has 0 atom stereocenters. The third-order valence-corrected chi connectivity index (χ3v) is 1.17. The molecule has 0 amide bonds. The SMILES string of the molecule is CCCCC#COS(=O)(=O)O. The van der Waals surface area contributed by atoms with Crippen LogP contribution in [0.4, 0.5) is 0 Å². The normalized spacial score (nSPS) is 10.0. The Morgan fingerprint density at radius 2 is 2.18 bits per heavy atom. The van der Waals surface area contributed by atoms with Crippen LogP contribution in [0, 0.1) is 12.0 Å². The largest absolute Gasteiger partial charge is 0.454 e. The van der Waals surface area contributed by atoms with E-state index in [-0.39, 0.29) is 0 Å². The maximum atomic E-state index is 9.89. The summed E-state index contributed by atoms with van der Waals surface area (Å²) in [5.41, 5.74) is 0. The van der Waals surface area contributed by atoms with Gasteiger partial charge in [-0.25, -0.2) is 0 Å². The van der Waals surface area contributed by atoms with Crippen molar-refractivity contribution in [3.8, 4) is 12.0 Å². The second kappa shape index (κ2) is 4.99. The van der Waals surface area contributed by atoms with Crippen LogP contribution in [0.25, 0.3) is 0 Å². The molecule has 0 saturated heterocycles. The lowest BCUT2D eigenvalue weighted by Gasteiger charge is -1.86. The molecular formula is C6H10O4S. The third-order valence-electron chi connectivity index (χ3n) is 0.874. The van der Waals surface area contributed by atoms with Gasteiger partial charge in [-0.15, -0.1) is 0 Å². The molecular weight excluding hydrogens is 168 g/mol. The first-order valence-corrected chi connectivity index (χ1v) is 4.56. The van der Waals surface area contributed by atoms with Crippen LogP contribution in [0.3, 0.4) is 0 Å². The highest BCUT2D eigenvalue weighted by molar-refractivity contribution is 7.81. The van der Waals surface area contributed by atoms with Crippen LogP contribution in [0.5, 0.6) is 0 Å². The standard InChI is InChI=1S/C6H10O4S/c1-2-3-4-5-6-10-11(7,8)9/h2-4H2,1H3,(H,7,8,9). The van der Waals surface area contributed by atoms with Gasteiger partial charge in [0.05, 0.1) is 0 Å². The fourth-order valence-electron chi connectivity index (χ4n) is 0.398. The Hall–Kier alpha value is -0.730. The van der Waals surface area contributed by atoms with Crippen LogP contribution in [0.1, 0.15) is 26.2 Å². The molecule has 0 aliphatic rings. The lowest BCUT2D eigenvalue weighted by atomic mass is 10.3. The van der Waals surface area contributed by atoms with Crippen LogP contribution >= 0.6 is 0 Å². The Balaban J connectivity index is 3.57. The van der Waals surface area contributed by atoms with Gasteiger partial charge in [-0.05, 0) is 6.42 Å². The number of hydrogen-bond donors (Lipinski definition) is 1. The highest BCUT2D eigenvalue weighted by Crippen LogP contribution is 1.91. The van der Waals surface area contributed by atoms with Gasteiger partial charge < -0.3 is 4.18 Å². The summed E-state index contributed by atoms with van der Waals surface area (Å²) in [6, 6.07) is 0. The molecule has 0 aromatic heterocycles. The molecule has 0 aromatic carbocycles. The summed E-state index contributed by atoms with van der Waals surface area (Å²) in [5.74, 6) is 2.43. The monoisotopic (exact) mass is 178 g/mol. The van der Waals surface area contributed by atoms with Crippen molar-refractivity contribution in [3.05, 3.63) is 0 Å². The maximum absolute atomic E-state index is 9.89. The minimum absolute atomic E-state index is 0.575. The van der Waals surface area contributed by atoms with Gasteiger partial charge in [-0.3, -0.25) is 4.55 Å². The van der Waals surface area contributed by atoms with E-state index >= 15 is 0 Å². The van der Waals surface area contributed by atoms with E-state index in [0.29, 0.717) is 6.42 Å². The van der Waals surface area contributed by atoms with Gasteiger partial charge in [0.15, 0.2) is 0 Å². The molecule has 11 heavy (non-hydrogen) atoms. The molecule has 64 valence electrons. The summed E-state index contributed by atoms with van der Waals surface area (Å²) in [5, 5.41) is 0. The maximum Gasteiger partial charge on any atom is 0.454 e. The topological polar surface area (TPSA) is 63.6 Å². The number of unbranched alkanes of at least 4 members (excludes halogenated alkanes) is 2. The predicted molar refractivity (Wildman–Crippen MR) is 39.9 cm³/mol. The molecule has 0 saturated carbocycles. The summed E-state index contributed by atoms with van der Waals surface area (Å²) in [7, 11) is -4.38. The molecule has 0 unspecified atom stereocenters. The second-order valence-corrected chi connectivity index (χ2v) is 2.92. The molecule has 5 heteroatoms. The molecule has 0 bridgehead atoms. The Morgan fingerprint density at radius 3 is 2.64 bits per heavy atom. The van der Waals surface area contributed by atoms with Gasteiger partial charge >= 0.3 is 10.4 Å². The minimum Gasteiger partial charge on any atom is -0.307 e. The smallest absolute Gasteiger partial charge is 0.307 e. The van der Waals surface area contributed by atoms with Crippen molar-refractivity contribution in [2.24, 2.45) is 0 Å². The quantitative estimate of drug-likeness (QED) is 0.397. The lowest BCUT2D eigenvalue weighted by Crippen LogP contribution is -1.97. The molecule has 0 rings (SSSR count). The van der Waals surface area contributed by atoms with Gasteiger partial charge in [0, 0.05) is 6.42 Å². The van der Waals surface area contributed by atoms with Gasteiger partial charge in [0.2, 0.25) is 0 Å². The van der Waals surface area contributed by atoms with Gasteiger partial charge in [-0.2, -0.15) is 8.42 Å². The minimum atomic E-state index is -4.38. The second-order valence-electron chi connectivity index (χ2n) is 1.89. The van der Waals surface area contributed by atoms with Crippen LogP contribution < -0.4 is 0 Å². The predicted octanol–water partition coefficient (Wildman–Crippen LogP) is 0.957. The van der Waals surface area contributed by atoms with Crippen molar-refractivity contribution in [1.29, 1.82) is 0 Å². The molecule has 0 spiro atoms. The van der Waals surface area contributed by atoms with E-state index in [9.17, 15) is 8.42 Å². The average molecular weight is 178 g/mol. The van der Waals surface area contributed by atoms with Crippen LogP contribution in [0.15, 0.2) is 0 Å². The van der Waals surface area contributed by atoms with Crippen LogP contribution in [-0.4, -0.2) is 13.0 Å². The fourth-order valence-corrected chi connectivity index (χ4v) is 0.563. The van der Waals surface area contributed by atoms with E-state index in [4.69, 9.17) is 4.55 Å². The summed E-state index contributed by atoms with van der Waals surface area (Å²) < 4.78 is 31.6. The first kappa shape index (κ1) is 10.3. The molecule has 0 aliphatic heterocycles. The fraction of sp³-hybridized carbons (Fsp3) is 0.667. The molecule has 0 fully saturated rings. The number of hydrogen-bond acceptors (Lipinski definition) is 3. The van der Waals surface area contributed by atoms with Gasteiger partial charge in [0.1, 0.15) is 6.11 Å². The molecule has 0 heterocycles. The highest BCUT2D eigenvalue weighted by atomic mass is 32.3. The first-order chi connectivity index (χ1) is 5.06. The summed E-state index contributed by atoms with van der Waals surface area (Å²) in [4.78, 5) is 0. The van der Waals surface area contributed by atoms with E-state index in [2.05, 4.69) is 10.1 Å². The zero-order valence-corrected chi connectivity index (χ0v) is 7.02. The Morgan fingerprint density at radius 1 is 1.55 bits per heavy atom. The third kappa shape index (κ3) is 9.27. The molecule has 4 nitrogen and oxygen atoms in total. The van der Waals surface area contributed by atoms with E-state index in [1.54, 1.807) is 0 Å². The Labute approximate surface area is 66.5 Å². The molecule has 1 N–H and O–H groups in total. The van der Waals surface area contributed by atoms with Gasteiger partial charge in [0.25, 0.3) is 0 Å². The zero-order valence-electron chi connectivity index (χ0n) is 6.20. The van der Waals surface area contributed by atoms with Crippen molar-refractivity contribution in [2.45, 2.75) is 26.2 Å². The van der Waals surface area contributed by atoms with Crippen LogP contribution in [0.2, 0.25) is 0 Å². The molecule has 0 radical (unpaired) electrons. The van der Waals surface area contributed by atoms with E-state index in [1.165, 1.54) is 0 Å². The lowest BCUT2D eigenvalue weighted by molar-refractivity contribution is 0.370. The van der Waals surface area contributed by atoms with Crippen molar-refractivity contribution >= 4 is 10.4 Å². The average Bonchev–Trinajstić information content (AvgIpc) is 1.85. The summed E-state index contributed by atoms with van der Waals surface area (Å²) in [6.07, 6.45) is 4.32. The zero-order chi connectivity index (χ0) is 8.74. The van der Waals surface area contributed by atoms with E-state index in [1.807, 2.05) is 13.0 Å². The van der Waals surface area contributed by atoms with Crippen molar-refractivity contribution in [1.82, 2.24) is 0 Å². The van der Waals surface area contributed by atoms with Crippen molar-refractivity contribution < 1.29 is 17.2 Å². The van der Waals surface area contributed by atoms with Crippen molar-refractivity contribution in [3.63, 3.8) is 0 Å². The Kier molecular flexibility index (Phi) is 4.66. The molecule has 0 aliphatic carbocycles. The first-order valence-electron chi connectivity index (χ1n) is 3.20. The summed E-state index contributed by atoms with van der Waals surface area (Å²) >= 11 is 0. The van der Waals surface area contributed by atoms with Crippen molar-refractivity contribution in [2.75, 3.05) is 0 Å². The molecule has 0 aromatic rings. The van der Waals surface area contributed by atoms with E-state index < -0.39 is 10.4 Å². The summed E-state index contributed by atoms with van der Waals surface area (Å²) in [6.45, 7) is 1.99. The van der Waals surface area contributed by atoms with Gasteiger partial charge in [-0.1, -0.05) is 19.3 Å². The number of rotatable bonds is 3. The van der Waals surface area contributed by atoms with E-state index in [0.717, 1.165) is 12.8 Å². The Bertz CT molecular complexity index is 243. The van der Waals surface area contributed by atoms with Crippen LogP contribution in [-0.2, 0) is 14.6 Å². The highest BCUT2D eigenvalue weighted by Gasteiger charge is 1.98.